The molecule has 2 heteroatoms. The first-order valence-corrected chi connectivity index (χ1v) is 7.18. The first-order chi connectivity index (χ1) is 9.65. The lowest BCUT2D eigenvalue weighted by Gasteiger charge is -2.20. The van der Waals surface area contributed by atoms with E-state index in [4.69, 9.17) is 0 Å². The van der Waals surface area contributed by atoms with Gasteiger partial charge in [0.25, 0.3) is 0 Å². The van der Waals surface area contributed by atoms with Crippen molar-refractivity contribution < 1.29 is 4.39 Å². The maximum atomic E-state index is 13.3. The molecule has 0 saturated heterocycles. The number of halogens is 1. The molecule has 1 atom stereocenters. The molecule has 0 saturated carbocycles. The SMILES string of the molecule is CC(C)NCC(Cc1cccc(F)c1)c1ccccc1. The van der Waals surface area contributed by atoms with Gasteiger partial charge in [0.1, 0.15) is 5.82 Å². The van der Waals surface area contributed by atoms with Gasteiger partial charge in [0.15, 0.2) is 0 Å². The topological polar surface area (TPSA) is 12.0 Å². The summed E-state index contributed by atoms with van der Waals surface area (Å²) in [4.78, 5) is 0. The van der Waals surface area contributed by atoms with Crippen molar-refractivity contribution in [2.24, 2.45) is 0 Å². The summed E-state index contributed by atoms with van der Waals surface area (Å²) in [6.07, 6.45) is 0.849. The average molecular weight is 271 g/mol. The van der Waals surface area contributed by atoms with Crippen molar-refractivity contribution in [2.45, 2.75) is 32.2 Å². The molecule has 0 amide bonds. The smallest absolute Gasteiger partial charge is 0.123 e. The highest BCUT2D eigenvalue weighted by molar-refractivity contribution is 5.25. The normalized spacial score (nSPS) is 12.6. The first kappa shape index (κ1) is 14.7. The molecular weight excluding hydrogens is 249 g/mol. The minimum Gasteiger partial charge on any atom is -0.314 e. The molecule has 0 radical (unpaired) electrons. The Balaban J connectivity index is 2.14. The zero-order chi connectivity index (χ0) is 14.4. The number of hydrogen-bond donors (Lipinski definition) is 1. The molecule has 2 rings (SSSR count). The number of nitrogens with one attached hydrogen (secondary N) is 1. The van der Waals surface area contributed by atoms with Crippen LogP contribution in [0.25, 0.3) is 0 Å². The first-order valence-electron chi connectivity index (χ1n) is 7.18. The fourth-order valence-corrected chi connectivity index (χ4v) is 2.36. The molecule has 0 aromatic heterocycles. The van der Waals surface area contributed by atoms with Crippen molar-refractivity contribution in [3.8, 4) is 0 Å². The molecule has 2 aromatic rings. The van der Waals surface area contributed by atoms with Gasteiger partial charge in [0.05, 0.1) is 0 Å². The summed E-state index contributed by atoms with van der Waals surface area (Å²) >= 11 is 0. The summed E-state index contributed by atoms with van der Waals surface area (Å²) in [6.45, 7) is 5.19. The number of benzene rings is 2. The van der Waals surface area contributed by atoms with Crippen molar-refractivity contribution in [2.75, 3.05) is 6.54 Å². The average Bonchev–Trinajstić information content (AvgIpc) is 2.44. The molecule has 0 heterocycles. The van der Waals surface area contributed by atoms with Crippen molar-refractivity contribution in [1.29, 1.82) is 0 Å². The monoisotopic (exact) mass is 271 g/mol. The van der Waals surface area contributed by atoms with Crippen LogP contribution in [-0.2, 0) is 6.42 Å². The van der Waals surface area contributed by atoms with Crippen LogP contribution in [0.3, 0.4) is 0 Å². The summed E-state index contributed by atoms with van der Waals surface area (Å²) in [5, 5.41) is 3.49. The highest BCUT2D eigenvalue weighted by atomic mass is 19.1. The van der Waals surface area contributed by atoms with E-state index in [1.165, 1.54) is 11.6 Å². The van der Waals surface area contributed by atoms with Crippen LogP contribution in [0.2, 0.25) is 0 Å². The van der Waals surface area contributed by atoms with Crippen molar-refractivity contribution in [3.05, 3.63) is 71.5 Å². The highest BCUT2D eigenvalue weighted by Gasteiger charge is 2.13. The molecule has 2 aromatic carbocycles. The van der Waals surface area contributed by atoms with E-state index in [0.29, 0.717) is 12.0 Å². The van der Waals surface area contributed by atoms with Gasteiger partial charge in [-0.15, -0.1) is 0 Å². The van der Waals surface area contributed by atoms with Gasteiger partial charge >= 0.3 is 0 Å². The van der Waals surface area contributed by atoms with Gasteiger partial charge in [-0.05, 0) is 29.7 Å². The van der Waals surface area contributed by atoms with Crippen molar-refractivity contribution in [1.82, 2.24) is 5.32 Å². The molecule has 0 fully saturated rings. The standard InChI is InChI=1S/C18H22FN/c1-14(2)20-13-17(16-8-4-3-5-9-16)11-15-7-6-10-18(19)12-15/h3-10,12,14,17,20H,11,13H2,1-2H3. The number of hydrogen-bond acceptors (Lipinski definition) is 1. The lowest BCUT2D eigenvalue weighted by molar-refractivity contribution is 0.525. The Bertz CT molecular complexity index is 522. The van der Waals surface area contributed by atoms with Gasteiger partial charge in [-0.3, -0.25) is 0 Å². The minimum atomic E-state index is -0.161. The van der Waals surface area contributed by atoms with Crippen LogP contribution < -0.4 is 5.32 Å². The van der Waals surface area contributed by atoms with E-state index >= 15 is 0 Å². The lowest BCUT2D eigenvalue weighted by Crippen LogP contribution is -2.28. The molecule has 106 valence electrons. The molecule has 0 aliphatic heterocycles. The maximum absolute atomic E-state index is 13.3. The van der Waals surface area contributed by atoms with E-state index in [9.17, 15) is 4.39 Å². The largest absolute Gasteiger partial charge is 0.314 e. The van der Waals surface area contributed by atoms with Gasteiger partial charge < -0.3 is 5.32 Å². The fraction of sp³-hybridized carbons (Fsp3) is 0.333. The van der Waals surface area contributed by atoms with Crippen LogP contribution in [0, 0.1) is 5.82 Å². The molecule has 0 aliphatic carbocycles. The second-order valence-electron chi connectivity index (χ2n) is 5.50. The zero-order valence-electron chi connectivity index (χ0n) is 12.1. The Morgan fingerprint density at radius 1 is 1.00 bits per heavy atom. The van der Waals surface area contributed by atoms with Crippen LogP contribution in [-0.4, -0.2) is 12.6 Å². The van der Waals surface area contributed by atoms with E-state index < -0.39 is 0 Å². The number of rotatable bonds is 6. The van der Waals surface area contributed by atoms with Gasteiger partial charge in [-0.2, -0.15) is 0 Å². The minimum absolute atomic E-state index is 0.161. The summed E-state index contributed by atoms with van der Waals surface area (Å²) in [5.41, 5.74) is 2.34. The van der Waals surface area contributed by atoms with E-state index in [0.717, 1.165) is 18.5 Å². The predicted molar refractivity (Wildman–Crippen MR) is 82.4 cm³/mol. The van der Waals surface area contributed by atoms with Crippen LogP contribution in [0.1, 0.15) is 30.9 Å². The Morgan fingerprint density at radius 3 is 2.40 bits per heavy atom. The van der Waals surface area contributed by atoms with Crippen LogP contribution in [0.15, 0.2) is 54.6 Å². The van der Waals surface area contributed by atoms with Crippen LogP contribution in [0.4, 0.5) is 4.39 Å². The van der Waals surface area contributed by atoms with E-state index in [2.05, 4.69) is 43.4 Å². The molecule has 1 nitrogen and oxygen atoms in total. The predicted octanol–water partition coefficient (Wildman–Crippen LogP) is 4.15. The third kappa shape index (κ3) is 4.46. The Morgan fingerprint density at radius 2 is 1.75 bits per heavy atom. The maximum Gasteiger partial charge on any atom is 0.123 e. The molecule has 1 unspecified atom stereocenters. The molecular formula is C18H22FN. The van der Waals surface area contributed by atoms with Crippen LogP contribution >= 0.6 is 0 Å². The van der Waals surface area contributed by atoms with E-state index in [1.54, 1.807) is 12.1 Å². The molecule has 0 spiro atoms. The van der Waals surface area contributed by atoms with Crippen LogP contribution in [0.5, 0.6) is 0 Å². The van der Waals surface area contributed by atoms with Crippen molar-refractivity contribution >= 4 is 0 Å². The molecule has 20 heavy (non-hydrogen) atoms. The van der Waals surface area contributed by atoms with Gasteiger partial charge in [-0.1, -0.05) is 56.3 Å². The van der Waals surface area contributed by atoms with Gasteiger partial charge in [-0.25, -0.2) is 4.39 Å². The Labute approximate surface area is 120 Å². The molecule has 0 aliphatic rings. The Hall–Kier alpha value is -1.67. The van der Waals surface area contributed by atoms with Gasteiger partial charge in [0.2, 0.25) is 0 Å². The lowest BCUT2D eigenvalue weighted by atomic mass is 9.91. The molecule has 1 N–H and O–H groups in total. The third-order valence-electron chi connectivity index (χ3n) is 3.41. The Kier molecular flexibility index (Phi) is 5.31. The highest BCUT2D eigenvalue weighted by Crippen LogP contribution is 2.21. The summed E-state index contributed by atoms with van der Waals surface area (Å²) in [5.74, 6) is 0.200. The summed E-state index contributed by atoms with van der Waals surface area (Å²) in [7, 11) is 0. The second kappa shape index (κ2) is 7.20. The van der Waals surface area contributed by atoms with Gasteiger partial charge in [0, 0.05) is 18.5 Å². The van der Waals surface area contributed by atoms with Crippen molar-refractivity contribution in [3.63, 3.8) is 0 Å². The fourth-order valence-electron chi connectivity index (χ4n) is 2.36. The molecule has 0 bridgehead atoms. The van der Waals surface area contributed by atoms with E-state index in [-0.39, 0.29) is 5.82 Å². The third-order valence-corrected chi connectivity index (χ3v) is 3.41. The second-order valence-corrected chi connectivity index (χ2v) is 5.50. The quantitative estimate of drug-likeness (QED) is 0.832. The van der Waals surface area contributed by atoms with E-state index in [1.807, 2.05) is 12.1 Å². The zero-order valence-corrected chi connectivity index (χ0v) is 12.1. The summed E-state index contributed by atoms with van der Waals surface area (Å²) < 4.78 is 13.3. The summed E-state index contributed by atoms with van der Waals surface area (Å²) in [6, 6.07) is 17.8.